The molecule has 0 atom stereocenters. The molecule has 0 N–H and O–H groups in total. The zero-order chi connectivity index (χ0) is 28.7. The molecular weight excluding hydrogens is 644 g/mol. The first-order valence-electron chi connectivity index (χ1n) is 14.1. The first-order chi connectivity index (χ1) is 20.7. The van der Waals surface area contributed by atoms with E-state index in [1.807, 2.05) is 0 Å². The Morgan fingerprint density at radius 3 is 0.810 bits per heavy atom. The first-order valence-corrected chi connectivity index (χ1v) is 16.4. The van der Waals surface area contributed by atoms with E-state index in [2.05, 4.69) is 187 Å². The van der Waals surface area contributed by atoms with Crippen molar-refractivity contribution in [2.75, 3.05) is 0 Å². The zero-order valence-corrected chi connectivity index (χ0v) is 26.5. The maximum Gasteiger partial charge on any atom is 0.173 e. The van der Waals surface area contributed by atoms with Crippen molar-refractivity contribution in [3.8, 4) is 33.4 Å². The third-order valence-electron chi connectivity index (χ3n) is 7.64. The Hall–Kier alpha value is -3.86. The van der Waals surface area contributed by atoms with Gasteiger partial charge in [-0.3, -0.25) is 0 Å². The minimum absolute atomic E-state index is 0.868. The minimum Gasteiger partial charge on any atom is -0.201 e. The van der Waals surface area contributed by atoms with Crippen LogP contribution in [0.5, 0.6) is 0 Å². The van der Waals surface area contributed by atoms with Crippen LogP contribution < -0.4 is 9.13 Å². The number of hydrogen-bond acceptors (Lipinski definition) is 0. The summed E-state index contributed by atoms with van der Waals surface area (Å²) in [6, 6.07) is 44.0. The van der Waals surface area contributed by atoms with Crippen LogP contribution in [0.4, 0.5) is 0 Å². The molecule has 0 spiro atoms. The van der Waals surface area contributed by atoms with Gasteiger partial charge in [-0.2, -0.15) is 0 Å². The Balaban J connectivity index is 1.08. The Morgan fingerprint density at radius 2 is 0.548 bits per heavy atom. The van der Waals surface area contributed by atoms with Crippen LogP contribution in [0.15, 0.2) is 146 Å². The third kappa shape index (κ3) is 6.95. The quantitative estimate of drug-likeness (QED) is 0.107. The van der Waals surface area contributed by atoms with Gasteiger partial charge in [0.2, 0.25) is 0 Å². The van der Waals surface area contributed by atoms with Gasteiger partial charge in [0.15, 0.2) is 37.9 Å². The van der Waals surface area contributed by atoms with E-state index in [9.17, 15) is 0 Å². The lowest BCUT2D eigenvalue weighted by Crippen LogP contribution is -2.32. The lowest BCUT2D eigenvalue weighted by Gasteiger charge is -2.07. The van der Waals surface area contributed by atoms with Crippen molar-refractivity contribution in [3.63, 3.8) is 0 Å². The molecule has 0 saturated carbocycles. The molecule has 2 aromatic heterocycles. The van der Waals surface area contributed by atoms with Crippen LogP contribution in [0.3, 0.4) is 0 Å². The highest BCUT2D eigenvalue weighted by molar-refractivity contribution is 9.08. The lowest BCUT2D eigenvalue weighted by molar-refractivity contribution is -0.688. The van der Waals surface area contributed by atoms with Crippen molar-refractivity contribution < 1.29 is 9.13 Å². The predicted molar refractivity (Wildman–Crippen MR) is 179 cm³/mol. The number of pyridine rings is 2. The summed E-state index contributed by atoms with van der Waals surface area (Å²) in [6.45, 7) is 1.74. The van der Waals surface area contributed by atoms with E-state index < -0.39 is 0 Å². The van der Waals surface area contributed by atoms with Gasteiger partial charge in [-0.05, 0) is 44.5 Å². The van der Waals surface area contributed by atoms with E-state index in [-0.39, 0.29) is 0 Å². The van der Waals surface area contributed by atoms with Crippen LogP contribution in [-0.4, -0.2) is 0 Å². The Bertz CT molecular complexity index is 1590. The highest BCUT2D eigenvalue weighted by Gasteiger charge is 2.08. The number of aromatic nitrogens is 2. The first kappa shape index (κ1) is 28.3. The van der Waals surface area contributed by atoms with Gasteiger partial charge in [0.1, 0.15) is 0 Å². The molecule has 6 aromatic rings. The maximum atomic E-state index is 3.51. The maximum absolute atomic E-state index is 3.51. The van der Waals surface area contributed by atoms with E-state index in [0.717, 1.165) is 23.7 Å². The van der Waals surface area contributed by atoms with Crippen molar-refractivity contribution in [1.82, 2.24) is 0 Å². The molecule has 0 aliphatic heterocycles. The van der Waals surface area contributed by atoms with Crippen molar-refractivity contribution in [2.24, 2.45) is 0 Å². The number of rotatable bonds is 9. The topological polar surface area (TPSA) is 7.76 Å². The molecule has 0 aliphatic rings. The van der Waals surface area contributed by atoms with Gasteiger partial charge in [-0.15, -0.1) is 0 Å². The van der Waals surface area contributed by atoms with Crippen LogP contribution in [0, 0.1) is 0 Å². The zero-order valence-electron chi connectivity index (χ0n) is 23.3. The molecule has 2 nitrogen and oxygen atoms in total. The molecule has 0 fully saturated rings. The molecule has 2 heterocycles. The van der Waals surface area contributed by atoms with Crippen LogP contribution in [-0.2, 0) is 23.7 Å². The molecule has 4 heteroatoms. The highest BCUT2D eigenvalue weighted by Crippen LogP contribution is 2.27. The normalized spacial score (nSPS) is 11.0. The number of alkyl halides is 2. The average Bonchev–Trinajstić information content (AvgIpc) is 3.06. The summed E-state index contributed by atoms with van der Waals surface area (Å²) in [5.41, 5.74) is 12.5. The largest absolute Gasteiger partial charge is 0.201 e. The molecule has 0 radical (unpaired) electrons. The van der Waals surface area contributed by atoms with E-state index in [0.29, 0.717) is 0 Å². The molecule has 0 saturated heterocycles. The van der Waals surface area contributed by atoms with E-state index >= 15 is 0 Å². The number of nitrogens with zero attached hydrogens (tertiary/aromatic N) is 2. The summed E-state index contributed by atoms with van der Waals surface area (Å²) in [7, 11) is 0. The van der Waals surface area contributed by atoms with Crippen molar-refractivity contribution in [1.29, 1.82) is 0 Å². The summed E-state index contributed by atoms with van der Waals surface area (Å²) in [5.74, 6) is 0. The second kappa shape index (κ2) is 13.4. The van der Waals surface area contributed by atoms with E-state index in [1.165, 1.54) is 55.6 Å². The molecular formula is C38H32Br2N2+2. The SMILES string of the molecule is BrCc1ccc(C[n+]2ccc(-c3ccc(-c4ccc(-c5cc[n+](Cc6ccc(CBr)cc6)cc5)cc4)cc3)cc2)cc1. The average molecular weight is 676 g/mol. The molecule has 42 heavy (non-hydrogen) atoms. The fourth-order valence-corrected chi connectivity index (χ4v) is 5.86. The molecule has 4 aromatic carbocycles. The highest BCUT2D eigenvalue weighted by atomic mass is 79.9. The van der Waals surface area contributed by atoms with Crippen molar-refractivity contribution >= 4 is 31.9 Å². The molecule has 0 aliphatic carbocycles. The summed E-state index contributed by atoms with van der Waals surface area (Å²) in [4.78, 5) is 0. The second-order valence-corrected chi connectivity index (χ2v) is 11.7. The molecule has 0 bridgehead atoms. The third-order valence-corrected chi connectivity index (χ3v) is 8.93. The standard InChI is InChI=1S/C38H32Br2N2/c39-25-29-1-5-31(6-2-29)27-41-21-17-37(18-22-41)35-13-9-33(10-14-35)34-11-15-36(16-12-34)38-19-23-42(24-20-38)28-32-7-3-30(26-40)4-8-32/h1-24H,25-28H2/q+2. The number of hydrogen-bond donors (Lipinski definition) is 0. The molecule has 0 unspecified atom stereocenters. The van der Waals surface area contributed by atoms with Gasteiger partial charge >= 0.3 is 0 Å². The van der Waals surface area contributed by atoms with Crippen LogP contribution >= 0.6 is 31.9 Å². The van der Waals surface area contributed by atoms with Gasteiger partial charge < -0.3 is 0 Å². The van der Waals surface area contributed by atoms with Gasteiger partial charge in [0.05, 0.1) is 0 Å². The van der Waals surface area contributed by atoms with Crippen LogP contribution in [0.1, 0.15) is 22.3 Å². The fourth-order valence-electron chi connectivity index (χ4n) is 5.11. The van der Waals surface area contributed by atoms with Crippen molar-refractivity contribution in [3.05, 3.63) is 168 Å². The summed E-state index contributed by atoms with van der Waals surface area (Å²) >= 11 is 7.03. The van der Waals surface area contributed by atoms with Gasteiger partial charge in [0.25, 0.3) is 0 Å². The monoisotopic (exact) mass is 674 g/mol. The van der Waals surface area contributed by atoms with Gasteiger partial charge in [-0.1, -0.05) is 129 Å². The number of halogens is 2. The Kier molecular flexibility index (Phi) is 9.03. The van der Waals surface area contributed by atoms with Crippen LogP contribution in [0.25, 0.3) is 33.4 Å². The summed E-state index contributed by atoms with van der Waals surface area (Å²) in [6.07, 6.45) is 8.64. The van der Waals surface area contributed by atoms with E-state index in [1.54, 1.807) is 0 Å². The lowest BCUT2D eigenvalue weighted by atomic mass is 9.98. The Morgan fingerprint density at radius 1 is 0.310 bits per heavy atom. The predicted octanol–water partition coefficient (Wildman–Crippen LogP) is 9.15. The van der Waals surface area contributed by atoms with Gasteiger partial charge in [-0.25, -0.2) is 9.13 Å². The van der Waals surface area contributed by atoms with Crippen molar-refractivity contribution in [2.45, 2.75) is 23.7 Å². The second-order valence-electron chi connectivity index (χ2n) is 10.6. The minimum atomic E-state index is 0.868. The Labute approximate surface area is 265 Å². The summed E-state index contributed by atoms with van der Waals surface area (Å²) < 4.78 is 4.44. The smallest absolute Gasteiger partial charge is 0.173 e. The fraction of sp³-hybridized carbons (Fsp3) is 0.105. The van der Waals surface area contributed by atoms with Gasteiger partial charge in [0, 0.05) is 46.1 Å². The summed E-state index contributed by atoms with van der Waals surface area (Å²) in [5, 5.41) is 1.78. The molecule has 206 valence electrons. The molecule has 6 rings (SSSR count). The van der Waals surface area contributed by atoms with E-state index in [4.69, 9.17) is 0 Å². The number of benzene rings is 4. The molecule has 0 amide bonds. The van der Waals surface area contributed by atoms with Crippen LogP contribution in [0.2, 0.25) is 0 Å².